The Balaban J connectivity index is 2.04. The fraction of sp³-hybridized carbons (Fsp3) is 0.214. The Morgan fingerprint density at radius 3 is 2.27 bits per heavy atom. The molecule has 37 heavy (non-hydrogen) atoms. The van der Waals surface area contributed by atoms with Gasteiger partial charge in [-0.3, -0.25) is 14.5 Å². The zero-order valence-corrected chi connectivity index (χ0v) is 21.5. The van der Waals surface area contributed by atoms with Crippen molar-refractivity contribution in [3.8, 4) is 23.0 Å². The van der Waals surface area contributed by atoms with Gasteiger partial charge in [0.25, 0.3) is 11.7 Å². The molecule has 4 rings (SSSR count). The van der Waals surface area contributed by atoms with Gasteiger partial charge in [-0.1, -0.05) is 29.8 Å². The van der Waals surface area contributed by atoms with E-state index in [2.05, 4.69) is 0 Å². The summed E-state index contributed by atoms with van der Waals surface area (Å²) >= 11 is 6.36. The number of nitrogens with zero attached hydrogens (tertiary/aromatic N) is 1. The number of aliphatic hydroxyl groups excluding tert-OH is 1. The average molecular weight is 524 g/mol. The van der Waals surface area contributed by atoms with Crippen molar-refractivity contribution >= 4 is 34.7 Å². The fourth-order valence-electron chi connectivity index (χ4n) is 4.34. The summed E-state index contributed by atoms with van der Waals surface area (Å²) in [6.07, 6.45) is 0. The molecule has 1 heterocycles. The van der Waals surface area contributed by atoms with Crippen LogP contribution in [0.15, 0.2) is 60.2 Å². The highest BCUT2D eigenvalue weighted by Gasteiger charge is 2.47. The fourth-order valence-corrected chi connectivity index (χ4v) is 4.51. The number of rotatable bonds is 7. The number of methoxy groups -OCH3 is 2. The number of carbonyl (C=O) groups is 2. The van der Waals surface area contributed by atoms with Gasteiger partial charge in [0, 0.05) is 10.7 Å². The standard InChI is InChI=1S/C28H26ClNO7/c1-5-37-22-13-16(10-12-19(22)31)25-24(26(32)23-20(35-3)7-6-8-21(23)36-4)27(33)28(34)30(25)17-11-9-15(2)18(29)14-17/h6-14,25,31-32H,5H2,1-4H3/b26-24+. The third-order valence-corrected chi connectivity index (χ3v) is 6.55. The monoisotopic (exact) mass is 523 g/mol. The molecule has 1 saturated heterocycles. The van der Waals surface area contributed by atoms with Gasteiger partial charge in [0.05, 0.1) is 32.4 Å². The molecule has 0 aromatic heterocycles. The molecule has 192 valence electrons. The smallest absolute Gasteiger partial charge is 0.300 e. The third kappa shape index (κ3) is 4.56. The molecule has 0 saturated carbocycles. The number of anilines is 1. The molecule has 3 aromatic rings. The summed E-state index contributed by atoms with van der Waals surface area (Å²) in [5, 5.41) is 22.2. The van der Waals surface area contributed by atoms with Gasteiger partial charge >= 0.3 is 0 Å². The number of aliphatic hydroxyl groups is 1. The van der Waals surface area contributed by atoms with E-state index in [1.807, 2.05) is 6.92 Å². The van der Waals surface area contributed by atoms with Gasteiger partial charge < -0.3 is 24.4 Å². The minimum Gasteiger partial charge on any atom is -0.506 e. The second kappa shape index (κ2) is 10.4. The zero-order valence-electron chi connectivity index (χ0n) is 20.7. The largest absolute Gasteiger partial charge is 0.506 e. The summed E-state index contributed by atoms with van der Waals surface area (Å²) in [6, 6.07) is 13.3. The van der Waals surface area contributed by atoms with Crippen molar-refractivity contribution in [2.75, 3.05) is 25.7 Å². The van der Waals surface area contributed by atoms with Crippen LogP contribution in [0.1, 0.15) is 29.7 Å². The lowest BCUT2D eigenvalue weighted by atomic mass is 9.94. The molecule has 9 heteroatoms. The molecule has 1 atom stereocenters. The van der Waals surface area contributed by atoms with Gasteiger partial charge in [-0.2, -0.15) is 0 Å². The highest BCUT2D eigenvalue weighted by atomic mass is 35.5. The van der Waals surface area contributed by atoms with Crippen LogP contribution in [0.3, 0.4) is 0 Å². The molecule has 2 N–H and O–H groups in total. The predicted molar refractivity (Wildman–Crippen MR) is 140 cm³/mol. The number of Topliss-reactive ketones (excluding diaryl/α,β-unsaturated/α-hetero) is 1. The van der Waals surface area contributed by atoms with Gasteiger partial charge in [-0.25, -0.2) is 0 Å². The number of phenolic OH excluding ortho intramolecular Hbond substituents is 1. The van der Waals surface area contributed by atoms with E-state index >= 15 is 0 Å². The van der Waals surface area contributed by atoms with Crippen molar-refractivity contribution in [2.24, 2.45) is 0 Å². The van der Waals surface area contributed by atoms with Crippen LogP contribution in [0, 0.1) is 6.92 Å². The first-order valence-corrected chi connectivity index (χ1v) is 11.8. The second-order valence-electron chi connectivity index (χ2n) is 8.30. The Labute approximate surface area is 219 Å². The Morgan fingerprint density at radius 1 is 1.00 bits per heavy atom. The normalized spacial score (nSPS) is 16.7. The number of halogens is 1. The molecular formula is C28H26ClNO7. The molecule has 1 aliphatic rings. The van der Waals surface area contributed by atoms with Crippen molar-refractivity contribution in [1.29, 1.82) is 0 Å². The minimum absolute atomic E-state index is 0.104. The van der Waals surface area contributed by atoms with Crippen LogP contribution in [0.25, 0.3) is 5.76 Å². The van der Waals surface area contributed by atoms with Gasteiger partial charge in [-0.15, -0.1) is 0 Å². The maximum absolute atomic E-state index is 13.5. The van der Waals surface area contributed by atoms with E-state index in [1.165, 1.54) is 31.3 Å². The molecule has 1 fully saturated rings. The molecule has 8 nitrogen and oxygen atoms in total. The number of ketones is 1. The number of amides is 1. The van der Waals surface area contributed by atoms with Crippen LogP contribution in [0.2, 0.25) is 5.02 Å². The number of carbonyl (C=O) groups excluding carboxylic acids is 2. The van der Waals surface area contributed by atoms with Crippen LogP contribution in [-0.2, 0) is 9.59 Å². The number of hydrogen-bond donors (Lipinski definition) is 2. The highest BCUT2D eigenvalue weighted by Crippen LogP contribution is 2.46. The van der Waals surface area contributed by atoms with E-state index < -0.39 is 23.5 Å². The van der Waals surface area contributed by atoms with Crippen molar-refractivity contribution in [3.05, 3.63) is 81.9 Å². The Hall–Kier alpha value is -4.17. The number of aryl methyl sites for hydroxylation is 1. The molecule has 0 radical (unpaired) electrons. The molecule has 0 spiro atoms. The number of phenols is 1. The summed E-state index contributed by atoms with van der Waals surface area (Å²) in [5.74, 6) is -1.66. The lowest BCUT2D eigenvalue weighted by Gasteiger charge is -2.26. The number of benzene rings is 3. The van der Waals surface area contributed by atoms with Crippen LogP contribution in [0.4, 0.5) is 5.69 Å². The lowest BCUT2D eigenvalue weighted by molar-refractivity contribution is -0.132. The van der Waals surface area contributed by atoms with E-state index in [0.717, 1.165) is 5.56 Å². The summed E-state index contributed by atoms with van der Waals surface area (Å²) in [4.78, 5) is 28.2. The van der Waals surface area contributed by atoms with Crippen molar-refractivity contribution in [2.45, 2.75) is 19.9 Å². The first kappa shape index (κ1) is 25.9. The van der Waals surface area contributed by atoms with Crippen molar-refractivity contribution < 1.29 is 34.0 Å². The minimum atomic E-state index is -1.08. The molecular weight excluding hydrogens is 498 g/mol. The van der Waals surface area contributed by atoms with E-state index in [4.69, 9.17) is 25.8 Å². The average Bonchev–Trinajstić information content (AvgIpc) is 3.16. The molecule has 1 unspecified atom stereocenters. The maximum atomic E-state index is 13.5. The Kier molecular flexibility index (Phi) is 7.31. The van der Waals surface area contributed by atoms with Gasteiger partial charge in [0.2, 0.25) is 0 Å². The van der Waals surface area contributed by atoms with E-state index in [1.54, 1.807) is 49.4 Å². The van der Waals surface area contributed by atoms with Gasteiger partial charge in [0.1, 0.15) is 22.8 Å². The molecule has 1 aliphatic heterocycles. The third-order valence-electron chi connectivity index (χ3n) is 6.14. The maximum Gasteiger partial charge on any atom is 0.300 e. The molecule has 3 aromatic carbocycles. The number of aromatic hydroxyl groups is 1. The summed E-state index contributed by atoms with van der Waals surface area (Å²) in [6.45, 7) is 3.86. The van der Waals surface area contributed by atoms with Crippen molar-refractivity contribution in [1.82, 2.24) is 0 Å². The highest BCUT2D eigenvalue weighted by molar-refractivity contribution is 6.52. The SMILES string of the molecule is CCOc1cc(C2/C(=C(\O)c3c(OC)cccc3OC)C(=O)C(=O)N2c2ccc(C)c(Cl)c2)ccc1O. The van der Waals surface area contributed by atoms with Crippen LogP contribution in [-0.4, -0.2) is 42.7 Å². The topological polar surface area (TPSA) is 106 Å². The number of hydrogen-bond acceptors (Lipinski definition) is 7. The van der Waals surface area contributed by atoms with Gasteiger partial charge in [-0.05, 0) is 61.4 Å². The molecule has 1 amide bonds. The predicted octanol–water partition coefficient (Wildman–Crippen LogP) is 5.40. The molecule has 0 bridgehead atoms. The second-order valence-corrected chi connectivity index (χ2v) is 8.71. The first-order chi connectivity index (χ1) is 17.7. The van der Waals surface area contributed by atoms with E-state index in [-0.39, 0.29) is 40.7 Å². The Morgan fingerprint density at radius 2 is 1.68 bits per heavy atom. The lowest BCUT2D eigenvalue weighted by Crippen LogP contribution is -2.29. The van der Waals surface area contributed by atoms with E-state index in [0.29, 0.717) is 16.3 Å². The summed E-state index contributed by atoms with van der Waals surface area (Å²) in [7, 11) is 2.84. The van der Waals surface area contributed by atoms with Crippen LogP contribution >= 0.6 is 11.6 Å². The van der Waals surface area contributed by atoms with E-state index in [9.17, 15) is 19.8 Å². The molecule has 0 aliphatic carbocycles. The zero-order chi connectivity index (χ0) is 26.9. The quantitative estimate of drug-likeness (QED) is 0.243. The first-order valence-electron chi connectivity index (χ1n) is 11.5. The Bertz CT molecular complexity index is 1390. The van der Waals surface area contributed by atoms with Gasteiger partial charge in [0.15, 0.2) is 11.5 Å². The van der Waals surface area contributed by atoms with Crippen LogP contribution < -0.4 is 19.1 Å². The van der Waals surface area contributed by atoms with Crippen molar-refractivity contribution in [3.63, 3.8) is 0 Å². The van der Waals surface area contributed by atoms with Crippen LogP contribution in [0.5, 0.6) is 23.0 Å². The summed E-state index contributed by atoms with van der Waals surface area (Å²) in [5.41, 5.74) is 1.52. The number of ether oxygens (including phenoxy) is 3. The summed E-state index contributed by atoms with van der Waals surface area (Å²) < 4.78 is 16.4.